The highest BCUT2D eigenvalue weighted by molar-refractivity contribution is 5.95. The molecule has 8 heteroatoms. The standard InChI is InChI=1S/C50H74N4O4/c1-33(2)35-17-24-50(53-28-31-54-29-9-8-10-30-54)26-25-47(6)38(41(35)50)13-14-40-46(5)20-18-37(45(3,4)39(46)19-21-48(40,47)7)34-15-22-49(23-16-34,44(56)57)32-58-43-36(42(51)55)12-11-27-52-43/h11-12,15,18,27,35,38-41,53H,1,8-10,13-14,16-17,19-26,28-32H2,2-7H3,(H2,51,55)(H,56,57)/t35-,38+,39-,40+,41+,46-,47+,48+,49-,50-/m0/s1. The molecule has 0 spiro atoms. The summed E-state index contributed by atoms with van der Waals surface area (Å²) in [4.78, 5) is 31.7. The molecule has 5 fully saturated rings. The number of hydrogen-bond acceptors (Lipinski definition) is 6. The third-order valence-corrected chi connectivity index (χ3v) is 18.9. The molecule has 0 unspecified atom stereocenters. The fraction of sp³-hybridized carbons (Fsp3) is 0.740. The van der Waals surface area contributed by atoms with Gasteiger partial charge in [-0.3, -0.25) is 9.59 Å². The highest BCUT2D eigenvalue weighted by atomic mass is 16.5. The number of primary amides is 1. The number of aromatic nitrogens is 1. The van der Waals surface area contributed by atoms with Crippen molar-refractivity contribution in [2.75, 3.05) is 32.8 Å². The molecule has 1 saturated heterocycles. The van der Waals surface area contributed by atoms with Crippen molar-refractivity contribution in [2.45, 2.75) is 143 Å². The van der Waals surface area contributed by atoms with Crippen LogP contribution in [-0.2, 0) is 4.79 Å². The second-order valence-corrected chi connectivity index (χ2v) is 21.7. The summed E-state index contributed by atoms with van der Waals surface area (Å²) in [6.07, 6.45) is 23.5. The van der Waals surface area contributed by atoms with Crippen LogP contribution in [0.5, 0.6) is 5.88 Å². The highest BCUT2D eigenvalue weighted by Gasteiger charge is 2.70. The second kappa shape index (κ2) is 15.2. The Kier molecular flexibility index (Phi) is 10.9. The number of fused-ring (bicyclic) bond motifs is 7. The van der Waals surface area contributed by atoms with Crippen molar-refractivity contribution in [1.29, 1.82) is 0 Å². The van der Waals surface area contributed by atoms with Crippen molar-refractivity contribution >= 4 is 11.9 Å². The normalized spacial score (nSPS) is 40.8. The number of pyridine rings is 1. The van der Waals surface area contributed by atoms with Gasteiger partial charge in [-0.25, -0.2) is 4.98 Å². The average Bonchev–Trinajstić information content (AvgIpc) is 3.58. The summed E-state index contributed by atoms with van der Waals surface area (Å²) in [5.74, 6) is 1.85. The first kappa shape index (κ1) is 41.8. The number of nitrogens with one attached hydrogen (secondary N) is 1. The number of aliphatic carboxylic acids is 1. The van der Waals surface area contributed by atoms with Crippen molar-refractivity contribution in [3.63, 3.8) is 0 Å². The first-order valence-corrected chi connectivity index (χ1v) is 23.2. The lowest BCUT2D eigenvalue weighted by atomic mass is 9.33. The van der Waals surface area contributed by atoms with Crippen LogP contribution in [-0.4, -0.2) is 65.2 Å². The fourth-order valence-electron chi connectivity index (χ4n) is 15.7. The van der Waals surface area contributed by atoms with Crippen LogP contribution in [0.15, 0.2) is 53.8 Å². The van der Waals surface area contributed by atoms with Crippen molar-refractivity contribution in [1.82, 2.24) is 15.2 Å². The van der Waals surface area contributed by atoms with Gasteiger partial charge in [-0.1, -0.05) is 65.3 Å². The second-order valence-electron chi connectivity index (χ2n) is 21.7. The van der Waals surface area contributed by atoms with E-state index in [0.29, 0.717) is 48.3 Å². The van der Waals surface area contributed by atoms with E-state index in [0.717, 1.165) is 18.9 Å². The van der Waals surface area contributed by atoms with Crippen LogP contribution in [0.2, 0.25) is 0 Å². The SMILES string of the molecule is C=C(C)[C@@H]1CC[C@]2(NCCN3CCCCC3)CC[C@]3(C)[C@H](CC[C@@H]4[C@@]5(C)CC=C(C6=CC[C@](COc7ncccc7C(N)=O)(C(=O)O)CC6)C(C)(C)[C@@H]5CC[C@]43C)[C@@H]12. The number of piperidine rings is 1. The first-order chi connectivity index (χ1) is 27.5. The number of allylic oxidation sites excluding steroid dienone is 5. The van der Waals surface area contributed by atoms with Crippen LogP contribution >= 0.6 is 0 Å². The van der Waals surface area contributed by atoms with Gasteiger partial charge in [0, 0.05) is 24.8 Å². The Bertz CT molecular complexity index is 1850. The lowest BCUT2D eigenvalue weighted by Gasteiger charge is -2.72. The summed E-state index contributed by atoms with van der Waals surface area (Å²) in [5.41, 5.74) is 9.84. The largest absolute Gasteiger partial charge is 0.481 e. The minimum Gasteiger partial charge on any atom is -0.481 e. The molecular formula is C50H74N4O4. The van der Waals surface area contributed by atoms with Crippen molar-refractivity contribution in [3.05, 3.63) is 59.3 Å². The van der Waals surface area contributed by atoms with Gasteiger partial charge in [0.2, 0.25) is 5.88 Å². The number of rotatable bonds is 11. The maximum Gasteiger partial charge on any atom is 0.313 e. The molecule has 58 heavy (non-hydrogen) atoms. The topological polar surface area (TPSA) is 118 Å². The van der Waals surface area contributed by atoms with Gasteiger partial charge < -0.3 is 25.8 Å². The number of carboxylic acid groups (broad SMARTS) is 1. The number of likely N-dealkylation sites (tertiary alicyclic amines) is 1. The number of carbonyl (C=O) groups excluding carboxylic acids is 1. The van der Waals surface area contributed by atoms with Gasteiger partial charge in [-0.2, -0.15) is 0 Å². The average molecular weight is 795 g/mol. The van der Waals surface area contributed by atoms with Gasteiger partial charge in [-0.15, -0.1) is 0 Å². The smallest absolute Gasteiger partial charge is 0.313 e. The molecule has 1 aromatic rings. The Hall–Kier alpha value is -2.97. The van der Waals surface area contributed by atoms with E-state index in [1.807, 2.05) is 0 Å². The van der Waals surface area contributed by atoms with Gasteiger partial charge >= 0.3 is 5.97 Å². The molecule has 1 aliphatic heterocycles. The molecule has 318 valence electrons. The van der Waals surface area contributed by atoms with E-state index in [9.17, 15) is 14.7 Å². The third-order valence-electron chi connectivity index (χ3n) is 18.9. The lowest BCUT2D eigenvalue weighted by molar-refractivity contribution is -0.221. The molecule has 1 aromatic heterocycles. The minimum atomic E-state index is -1.09. The molecule has 8 rings (SSSR count). The molecule has 8 nitrogen and oxygen atoms in total. The van der Waals surface area contributed by atoms with Gasteiger partial charge in [0.1, 0.15) is 17.6 Å². The third kappa shape index (κ3) is 6.55. The van der Waals surface area contributed by atoms with E-state index in [1.165, 1.54) is 113 Å². The summed E-state index contributed by atoms with van der Waals surface area (Å²) in [6, 6.07) is 3.19. The summed E-state index contributed by atoms with van der Waals surface area (Å²) < 4.78 is 5.95. The molecule has 6 aliphatic carbocycles. The summed E-state index contributed by atoms with van der Waals surface area (Å²) in [7, 11) is 0. The molecule has 2 heterocycles. The van der Waals surface area contributed by atoms with Crippen LogP contribution in [0.4, 0.5) is 0 Å². The molecule has 0 radical (unpaired) electrons. The number of ether oxygens (including phenoxy) is 1. The minimum absolute atomic E-state index is 0.0154. The number of carbonyl (C=O) groups is 2. The number of amides is 1. The zero-order chi connectivity index (χ0) is 41.3. The number of nitrogens with zero attached hydrogens (tertiary/aromatic N) is 2. The molecule has 10 atom stereocenters. The van der Waals surface area contributed by atoms with Gasteiger partial charge in [-0.05, 0) is 184 Å². The predicted octanol–water partition coefficient (Wildman–Crippen LogP) is 9.76. The van der Waals surface area contributed by atoms with Crippen molar-refractivity contribution in [2.24, 2.45) is 62.4 Å². The van der Waals surface area contributed by atoms with Crippen molar-refractivity contribution in [3.8, 4) is 5.88 Å². The Morgan fingerprint density at radius 2 is 1.72 bits per heavy atom. The van der Waals surface area contributed by atoms with E-state index in [2.05, 4.69) is 75.5 Å². The monoisotopic (exact) mass is 795 g/mol. The number of nitrogens with two attached hydrogens (primary N) is 1. The Labute approximate surface area is 349 Å². The zero-order valence-electron chi connectivity index (χ0n) is 36.8. The highest BCUT2D eigenvalue weighted by Crippen LogP contribution is 2.76. The van der Waals surface area contributed by atoms with Crippen LogP contribution in [0.1, 0.15) is 148 Å². The Morgan fingerprint density at radius 3 is 2.41 bits per heavy atom. The van der Waals surface area contributed by atoms with E-state index >= 15 is 0 Å². The maximum atomic E-state index is 12.8. The summed E-state index contributed by atoms with van der Waals surface area (Å²) in [5, 5.41) is 14.9. The van der Waals surface area contributed by atoms with Gasteiger partial charge in [0.05, 0.1) is 0 Å². The van der Waals surface area contributed by atoms with E-state index in [4.69, 9.17) is 10.5 Å². The van der Waals surface area contributed by atoms with Gasteiger partial charge in [0.15, 0.2) is 0 Å². The Morgan fingerprint density at radius 1 is 0.948 bits per heavy atom. The Balaban J connectivity index is 1.01. The molecule has 4 N–H and O–H groups in total. The van der Waals surface area contributed by atoms with Crippen LogP contribution in [0, 0.1) is 56.7 Å². The van der Waals surface area contributed by atoms with E-state index in [-0.39, 0.29) is 39.8 Å². The van der Waals surface area contributed by atoms with E-state index < -0.39 is 17.3 Å². The van der Waals surface area contributed by atoms with Crippen molar-refractivity contribution < 1.29 is 19.4 Å². The molecule has 0 bridgehead atoms. The van der Waals surface area contributed by atoms with E-state index in [1.54, 1.807) is 12.1 Å². The summed E-state index contributed by atoms with van der Waals surface area (Å²) in [6.45, 7) is 24.9. The number of carboxylic acids is 1. The predicted molar refractivity (Wildman–Crippen MR) is 231 cm³/mol. The van der Waals surface area contributed by atoms with Crippen LogP contribution in [0.25, 0.3) is 0 Å². The maximum absolute atomic E-state index is 12.8. The zero-order valence-corrected chi connectivity index (χ0v) is 36.8. The molecular weight excluding hydrogens is 721 g/mol. The molecule has 1 amide bonds. The summed E-state index contributed by atoms with van der Waals surface area (Å²) >= 11 is 0. The molecule has 7 aliphatic rings. The van der Waals surface area contributed by atoms with Crippen LogP contribution < -0.4 is 15.8 Å². The lowest BCUT2D eigenvalue weighted by Crippen LogP contribution is -2.68. The van der Waals surface area contributed by atoms with Crippen LogP contribution in [0.3, 0.4) is 0 Å². The number of hydrogen-bond donors (Lipinski definition) is 3. The first-order valence-electron chi connectivity index (χ1n) is 23.2. The fourth-order valence-corrected chi connectivity index (χ4v) is 15.7. The molecule has 4 saturated carbocycles. The van der Waals surface area contributed by atoms with Gasteiger partial charge in [0.25, 0.3) is 5.91 Å². The molecule has 0 aromatic carbocycles. The quantitative estimate of drug-likeness (QED) is 0.191.